The van der Waals surface area contributed by atoms with Gasteiger partial charge in [0.25, 0.3) is 0 Å². The highest BCUT2D eigenvalue weighted by Crippen LogP contribution is 2.35. The van der Waals surface area contributed by atoms with Gasteiger partial charge in [-0.25, -0.2) is 4.79 Å². The Labute approximate surface area is 75.5 Å². The van der Waals surface area contributed by atoms with Gasteiger partial charge in [-0.3, -0.25) is 5.32 Å². The molecule has 1 aromatic heterocycles. The van der Waals surface area contributed by atoms with E-state index in [1.54, 1.807) is 5.32 Å². The van der Waals surface area contributed by atoms with E-state index >= 15 is 0 Å². The number of nitrogens with zero attached hydrogens (tertiary/aromatic N) is 1. The highest BCUT2D eigenvalue weighted by Gasteiger charge is 2.39. The molecular weight excluding hydrogens is 205 g/mol. The molecule has 0 spiro atoms. The zero-order chi connectivity index (χ0) is 10.9. The summed E-state index contributed by atoms with van der Waals surface area (Å²) in [6, 6.07) is 0. The molecule has 0 saturated heterocycles. The first-order chi connectivity index (χ1) is 6.32. The topological polar surface area (TPSA) is 75.4 Å². The minimum absolute atomic E-state index is 0.236. The van der Waals surface area contributed by atoms with Crippen LogP contribution in [0.1, 0.15) is 11.5 Å². The number of rotatable bonds is 1. The average molecular weight is 210 g/mol. The largest absolute Gasteiger partial charge is 0.465 e. The number of aryl methyl sites for hydroxylation is 1. The van der Waals surface area contributed by atoms with E-state index in [4.69, 9.17) is 5.11 Å². The van der Waals surface area contributed by atoms with Gasteiger partial charge in [0.15, 0.2) is 5.76 Å². The second-order valence-electron chi connectivity index (χ2n) is 2.39. The van der Waals surface area contributed by atoms with Gasteiger partial charge in [0.2, 0.25) is 5.69 Å². The summed E-state index contributed by atoms with van der Waals surface area (Å²) in [5, 5.41) is 12.5. The molecule has 1 rings (SSSR count). The van der Waals surface area contributed by atoms with Crippen LogP contribution >= 0.6 is 0 Å². The van der Waals surface area contributed by atoms with Crippen LogP contribution in [0.3, 0.4) is 0 Å². The van der Waals surface area contributed by atoms with Crippen molar-refractivity contribution in [2.45, 2.75) is 13.1 Å². The Bertz CT molecular complexity index is 358. The molecule has 1 aromatic rings. The summed E-state index contributed by atoms with van der Waals surface area (Å²) < 4.78 is 40.7. The number of alkyl halides is 3. The quantitative estimate of drug-likeness (QED) is 0.744. The smallest absolute Gasteiger partial charge is 0.438 e. The minimum atomic E-state index is -4.74. The van der Waals surface area contributed by atoms with E-state index in [-0.39, 0.29) is 5.76 Å². The molecule has 0 saturated carbocycles. The van der Waals surface area contributed by atoms with Gasteiger partial charge in [0.1, 0.15) is 5.69 Å². The van der Waals surface area contributed by atoms with E-state index < -0.39 is 23.7 Å². The second-order valence-corrected chi connectivity index (χ2v) is 2.39. The highest BCUT2D eigenvalue weighted by molar-refractivity contribution is 5.84. The SMILES string of the molecule is Cc1onc(C(F)(F)F)c1NC(=O)O. The standard InChI is InChI=1S/C6H5F3N2O3/c1-2-3(10-5(12)13)4(11-14-2)6(7,8)9/h10H,1H3,(H,12,13). The monoisotopic (exact) mass is 210 g/mol. The summed E-state index contributed by atoms with van der Waals surface area (Å²) >= 11 is 0. The third-order valence-electron chi connectivity index (χ3n) is 1.36. The molecule has 78 valence electrons. The van der Waals surface area contributed by atoms with Gasteiger partial charge in [-0.15, -0.1) is 0 Å². The summed E-state index contributed by atoms with van der Waals surface area (Å²) in [4.78, 5) is 10.2. The van der Waals surface area contributed by atoms with E-state index in [1.807, 2.05) is 0 Å². The summed E-state index contributed by atoms with van der Waals surface area (Å²) in [5.41, 5.74) is -2.05. The van der Waals surface area contributed by atoms with Crippen LogP contribution < -0.4 is 5.32 Å². The van der Waals surface area contributed by atoms with Gasteiger partial charge < -0.3 is 9.63 Å². The van der Waals surface area contributed by atoms with Gasteiger partial charge in [0.05, 0.1) is 0 Å². The van der Waals surface area contributed by atoms with Crippen molar-refractivity contribution in [3.63, 3.8) is 0 Å². The molecule has 0 aliphatic rings. The number of hydrogen-bond acceptors (Lipinski definition) is 3. The molecule has 0 aromatic carbocycles. The van der Waals surface area contributed by atoms with Crippen LogP contribution in [0.5, 0.6) is 0 Å². The van der Waals surface area contributed by atoms with E-state index in [0.29, 0.717) is 0 Å². The maximum absolute atomic E-state index is 12.2. The Hall–Kier alpha value is -1.73. The molecule has 1 amide bonds. The van der Waals surface area contributed by atoms with E-state index in [0.717, 1.165) is 0 Å². The zero-order valence-corrected chi connectivity index (χ0v) is 6.84. The number of carbonyl (C=O) groups is 1. The summed E-state index contributed by atoms with van der Waals surface area (Å²) in [7, 11) is 0. The van der Waals surface area contributed by atoms with E-state index in [9.17, 15) is 18.0 Å². The van der Waals surface area contributed by atoms with Crippen molar-refractivity contribution in [1.29, 1.82) is 0 Å². The minimum Gasteiger partial charge on any atom is -0.465 e. The molecule has 0 aliphatic carbocycles. The lowest BCUT2D eigenvalue weighted by Crippen LogP contribution is -2.14. The van der Waals surface area contributed by atoms with Crippen LogP contribution in [0.25, 0.3) is 0 Å². The van der Waals surface area contributed by atoms with Crippen LogP contribution in [0, 0.1) is 6.92 Å². The third kappa shape index (κ3) is 1.95. The summed E-state index contributed by atoms with van der Waals surface area (Å²) in [6.07, 6.45) is -6.35. The van der Waals surface area contributed by atoms with Gasteiger partial charge in [-0.1, -0.05) is 5.16 Å². The highest BCUT2D eigenvalue weighted by atomic mass is 19.4. The Kier molecular flexibility index (Phi) is 2.37. The van der Waals surface area contributed by atoms with Gasteiger partial charge in [-0.05, 0) is 6.92 Å². The Morgan fingerprint density at radius 3 is 2.57 bits per heavy atom. The molecule has 0 bridgehead atoms. The molecule has 2 N–H and O–H groups in total. The fourth-order valence-electron chi connectivity index (χ4n) is 0.820. The lowest BCUT2D eigenvalue weighted by Gasteiger charge is -2.04. The van der Waals surface area contributed by atoms with Crippen molar-refractivity contribution in [2.24, 2.45) is 0 Å². The molecule has 0 unspecified atom stereocenters. The van der Waals surface area contributed by atoms with E-state index in [1.165, 1.54) is 6.92 Å². The van der Waals surface area contributed by atoms with Crippen molar-refractivity contribution < 1.29 is 27.6 Å². The third-order valence-corrected chi connectivity index (χ3v) is 1.36. The first kappa shape index (κ1) is 10.4. The molecule has 8 heteroatoms. The maximum Gasteiger partial charge on any atom is 0.438 e. The Morgan fingerprint density at radius 1 is 1.57 bits per heavy atom. The number of nitrogens with one attached hydrogen (secondary N) is 1. The molecular formula is C6H5F3N2O3. The van der Waals surface area contributed by atoms with Crippen molar-refractivity contribution in [3.05, 3.63) is 11.5 Å². The van der Waals surface area contributed by atoms with Crippen LogP contribution in [0.4, 0.5) is 23.7 Å². The molecule has 5 nitrogen and oxygen atoms in total. The van der Waals surface area contributed by atoms with Crippen LogP contribution in [-0.4, -0.2) is 16.4 Å². The fraction of sp³-hybridized carbons (Fsp3) is 0.333. The first-order valence-corrected chi connectivity index (χ1v) is 3.35. The van der Waals surface area contributed by atoms with Gasteiger partial charge in [0, 0.05) is 0 Å². The normalized spacial score (nSPS) is 11.4. The second kappa shape index (κ2) is 3.20. The predicted molar refractivity (Wildman–Crippen MR) is 37.9 cm³/mol. The summed E-state index contributed by atoms with van der Waals surface area (Å²) in [6.45, 7) is 1.17. The van der Waals surface area contributed by atoms with Gasteiger partial charge >= 0.3 is 12.3 Å². The Morgan fingerprint density at radius 2 is 2.14 bits per heavy atom. The van der Waals surface area contributed by atoms with Crippen molar-refractivity contribution in [3.8, 4) is 0 Å². The molecule has 1 heterocycles. The van der Waals surface area contributed by atoms with Crippen molar-refractivity contribution in [1.82, 2.24) is 5.16 Å². The predicted octanol–water partition coefficient (Wildman–Crippen LogP) is 2.09. The number of halogens is 3. The lowest BCUT2D eigenvalue weighted by molar-refractivity contribution is -0.142. The number of hydrogen-bond donors (Lipinski definition) is 2. The molecule has 0 radical (unpaired) electrons. The van der Waals surface area contributed by atoms with Crippen LogP contribution in [0.15, 0.2) is 4.52 Å². The van der Waals surface area contributed by atoms with Crippen LogP contribution in [0.2, 0.25) is 0 Å². The molecule has 0 fully saturated rings. The maximum atomic E-state index is 12.2. The number of carboxylic acid groups (broad SMARTS) is 1. The molecule has 14 heavy (non-hydrogen) atoms. The number of amides is 1. The van der Waals surface area contributed by atoms with Crippen molar-refractivity contribution >= 4 is 11.8 Å². The zero-order valence-electron chi connectivity index (χ0n) is 6.84. The molecule has 0 atom stereocenters. The number of aromatic nitrogens is 1. The summed E-state index contributed by atoms with van der Waals surface area (Å²) in [5.74, 6) is -0.236. The first-order valence-electron chi connectivity index (χ1n) is 3.35. The fourth-order valence-corrected chi connectivity index (χ4v) is 0.820. The average Bonchev–Trinajstić information content (AvgIpc) is 2.30. The van der Waals surface area contributed by atoms with Crippen LogP contribution in [-0.2, 0) is 6.18 Å². The molecule has 0 aliphatic heterocycles. The lowest BCUT2D eigenvalue weighted by atomic mass is 10.3. The van der Waals surface area contributed by atoms with E-state index in [2.05, 4.69) is 9.68 Å². The Balaban J connectivity index is 3.13. The van der Waals surface area contributed by atoms with Gasteiger partial charge in [-0.2, -0.15) is 13.2 Å². The van der Waals surface area contributed by atoms with Crippen molar-refractivity contribution in [2.75, 3.05) is 5.32 Å². The number of anilines is 1.